The van der Waals surface area contributed by atoms with E-state index < -0.39 is 12.2 Å². The molecule has 0 aliphatic rings. The molecule has 1 unspecified atom stereocenters. The lowest BCUT2D eigenvalue weighted by Gasteiger charge is -2.25. The van der Waals surface area contributed by atoms with Gasteiger partial charge in [-0.05, 0) is 25.0 Å². The third-order valence-corrected chi connectivity index (χ3v) is 3.53. The van der Waals surface area contributed by atoms with E-state index in [-0.39, 0.29) is 5.78 Å². The van der Waals surface area contributed by atoms with Crippen LogP contribution in [0.2, 0.25) is 0 Å². The summed E-state index contributed by atoms with van der Waals surface area (Å²) < 4.78 is 0. The summed E-state index contributed by atoms with van der Waals surface area (Å²) in [6.45, 7) is 3.21. The minimum absolute atomic E-state index is 0.327. The molecular formula is C17H18O3. The predicted octanol–water partition coefficient (Wildman–Crippen LogP) is 2.43. The lowest BCUT2D eigenvalue weighted by Crippen LogP contribution is -2.22. The summed E-state index contributed by atoms with van der Waals surface area (Å²) in [6, 6.07) is 14.4. The number of hydrogen-bond donors (Lipinski definition) is 2. The van der Waals surface area contributed by atoms with Crippen LogP contribution in [0, 0.1) is 6.92 Å². The molecule has 2 N–H and O–H groups in total. The first-order valence-electron chi connectivity index (χ1n) is 6.49. The molecule has 0 aliphatic heterocycles. The molecule has 0 fully saturated rings. The van der Waals surface area contributed by atoms with Gasteiger partial charge in [0.2, 0.25) is 0 Å². The van der Waals surface area contributed by atoms with E-state index in [4.69, 9.17) is 5.11 Å². The molecule has 0 aromatic heterocycles. The van der Waals surface area contributed by atoms with Gasteiger partial charge in [-0.1, -0.05) is 54.1 Å². The van der Waals surface area contributed by atoms with Crippen molar-refractivity contribution in [2.75, 3.05) is 6.61 Å². The zero-order valence-corrected chi connectivity index (χ0v) is 11.6. The molecule has 0 saturated carbocycles. The molecule has 0 spiro atoms. The average molecular weight is 270 g/mol. The van der Waals surface area contributed by atoms with Crippen LogP contribution in [0.1, 0.15) is 34.0 Å². The Balaban J connectivity index is 2.34. The first kappa shape index (κ1) is 14.4. The van der Waals surface area contributed by atoms with Gasteiger partial charge in [-0.2, -0.15) is 0 Å². The molecule has 0 saturated heterocycles. The van der Waals surface area contributed by atoms with Crippen molar-refractivity contribution in [2.45, 2.75) is 19.4 Å². The van der Waals surface area contributed by atoms with Crippen LogP contribution in [0.4, 0.5) is 0 Å². The molecule has 1 atom stereocenters. The van der Waals surface area contributed by atoms with Gasteiger partial charge < -0.3 is 10.2 Å². The zero-order chi connectivity index (χ0) is 14.8. The Morgan fingerprint density at radius 2 is 1.45 bits per heavy atom. The Hall–Kier alpha value is -1.97. The third-order valence-electron chi connectivity index (χ3n) is 3.53. The van der Waals surface area contributed by atoms with E-state index in [1.807, 2.05) is 31.2 Å². The standard InChI is InChI=1S/C17H18O3/c1-12-3-7-14(8-4-12)17(2,20)15-9-5-13(6-10-15)16(19)11-18/h3-10,18,20H,11H2,1-2H3. The Labute approximate surface area is 118 Å². The number of carbonyl (C=O) groups is 1. The molecular weight excluding hydrogens is 252 g/mol. The summed E-state index contributed by atoms with van der Waals surface area (Å²) in [6.07, 6.45) is 0. The number of aliphatic hydroxyl groups excluding tert-OH is 1. The lowest BCUT2D eigenvalue weighted by molar-refractivity contribution is 0.0901. The molecule has 0 aliphatic carbocycles. The number of Topliss-reactive ketones (excluding diaryl/α,β-unsaturated/α-hetero) is 1. The maximum Gasteiger partial charge on any atom is 0.188 e. The predicted molar refractivity (Wildman–Crippen MR) is 77.7 cm³/mol. The van der Waals surface area contributed by atoms with Crippen LogP contribution in [-0.4, -0.2) is 22.6 Å². The van der Waals surface area contributed by atoms with Gasteiger partial charge in [-0.3, -0.25) is 4.79 Å². The molecule has 2 aromatic carbocycles. The summed E-state index contributed by atoms with van der Waals surface area (Å²) in [5.41, 5.74) is 1.96. The van der Waals surface area contributed by atoms with E-state index >= 15 is 0 Å². The van der Waals surface area contributed by atoms with E-state index in [1.165, 1.54) is 0 Å². The number of carbonyl (C=O) groups excluding carboxylic acids is 1. The van der Waals surface area contributed by atoms with Crippen LogP contribution in [0.15, 0.2) is 48.5 Å². The second-order valence-electron chi connectivity index (χ2n) is 5.10. The fraction of sp³-hybridized carbons (Fsp3) is 0.235. The van der Waals surface area contributed by atoms with Crippen molar-refractivity contribution in [1.29, 1.82) is 0 Å². The molecule has 20 heavy (non-hydrogen) atoms. The minimum atomic E-state index is -1.12. The van der Waals surface area contributed by atoms with E-state index in [9.17, 15) is 9.90 Å². The number of hydrogen-bond acceptors (Lipinski definition) is 3. The van der Waals surface area contributed by atoms with Crippen LogP contribution in [-0.2, 0) is 5.60 Å². The van der Waals surface area contributed by atoms with Crippen LogP contribution < -0.4 is 0 Å². The van der Waals surface area contributed by atoms with Crippen LogP contribution in [0.5, 0.6) is 0 Å². The van der Waals surface area contributed by atoms with E-state index in [2.05, 4.69) is 0 Å². The monoisotopic (exact) mass is 270 g/mol. The van der Waals surface area contributed by atoms with Gasteiger partial charge in [0.25, 0.3) is 0 Å². The second-order valence-corrected chi connectivity index (χ2v) is 5.10. The van der Waals surface area contributed by atoms with Crippen molar-refractivity contribution < 1.29 is 15.0 Å². The van der Waals surface area contributed by atoms with E-state index in [0.717, 1.165) is 11.1 Å². The molecule has 104 valence electrons. The van der Waals surface area contributed by atoms with E-state index in [0.29, 0.717) is 11.1 Å². The number of ketones is 1. The summed E-state index contributed by atoms with van der Waals surface area (Å²) in [5, 5.41) is 19.5. The maximum atomic E-state index is 11.4. The van der Waals surface area contributed by atoms with Crippen molar-refractivity contribution in [1.82, 2.24) is 0 Å². The molecule has 0 radical (unpaired) electrons. The summed E-state index contributed by atoms with van der Waals surface area (Å²) >= 11 is 0. The van der Waals surface area contributed by atoms with Gasteiger partial charge >= 0.3 is 0 Å². The quantitative estimate of drug-likeness (QED) is 0.839. The summed E-state index contributed by atoms with van der Waals surface area (Å²) in [5.74, 6) is -0.327. The number of rotatable bonds is 4. The Morgan fingerprint density at radius 3 is 1.90 bits per heavy atom. The van der Waals surface area contributed by atoms with Crippen molar-refractivity contribution >= 4 is 5.78 Å². The normalized spacial score (nSPS) is 13.8. The van der Waals surface area contributed by atoms with Gasteiger partial charge in [-0.25, -0.2) is 0 Å². The van der Waals surface area contributed by atoms with Crippen molar-refractivity contribution in [3.63, 3.8) is 0 Å². The molecule has 3 nitrogen and oxygen atoms in total. The van der Waals surface area contributed by atoms with Crippen LogP contribution in [0.3, 0.4) is 0 Å². The lowest BCUT2D eigenvalue weighted by atomic mass is 9.87. The maximum absolute atomic E-state index is 11.4. The SMILES string of the molecule is Cc1ccc(C(C)(O)c2ccc(C(=O)CO)cc2)cc1. The highest BCUT2D eigenvalue weighted by Crippen LogP contribution is 2.29. The molecule has 2 rings (SSSR count). The fourth-order valence-corrected chi connectivity index (χ4v) is 2.12. The smallest absolute Gasteiger partial charge is 0.188 e. The second kappa shape index (κ2) is 5.57. The summed E-state index contributed by atoms with van der Waals surface area (Å²) in [7, 11) is 0. The third kappa shape index (κ3) is 2.79. The van der Waals surface area contributed by atoms with Gasteiger partial charge in [0.1, 0.15) is 12.2 Å². The van der Waals surface area contributed by atoms with Crippen LogP contribution >= 0.6 is 0 Å². The highest BCUT2D eigenvalue weighted by Gasteiger charge is 2.25. The molecule has 2 aromatic rings. The first-order valence-corrected chi connectivity index (χ1v) is 6.49. The van der Waals surface area contributed by atoms with Crippen LogP contribution in [0.25, 0.3) is 0 Å². The summed E-state index contributed by atoms with van der Waals surface area (Å²) in [4.78, 5) is 11.4. The van der Waals surface area contributed by atoms with Gasteiger partial charge in [-0.15, -0.1) is 0 Å². The number of aliphatic hydroxyl groups is 2. The Morgan fingerprint density at radius 1 is 1.00 bits per heavy atom. The van der Waals surface area contributed by atoms with Gasteiger partial charge in [0, 0.05) is 5.56 Å². The first-order chi connectivity index (χ1) is 9.45. The van der Waals surface area contributed by atoms with Crippen molar-refractivity contribution in [3.05, 3.63) is 70.8 Å². The van der Waals surface area contributed by atoms with Gasteiger partial charge in [0.15, 0.2) is 5.78 Å². The van der Waals surface area contributed by atoms with Crippen molar-refractivity contribution in [3.8, 4) is 0 Å². The van der Waals surface area contributed by atoms with E-state index in [1.54, 1.807) is 31.2 Å². The van der Waals surface area contributed by atoms with Gasteiger partial charge in [0.05, 0.1) is 0 Å². The highest BCUT2D eigenvalue weighted by atomic mass is 16.3. The average Bonchev–Trinajstić information content (AvgIpc) is 2.47. The Kier molecular flexibility index (Phi) is 4.02. The molecule has 0 amide bonds. The Bertz CT molecular complexity index is 595. The fourth-order valence-electron chi connectivity index (χ4n) is 2.12. The minimum Gasteiger partial charge on any atom is -0.388 e. The largest absolute Gasteiger partial charge is 0.388 e. The molecule has 0 heterocycles. The van der Waals surface area contributed by atoms with Crippen molar-refractivity contribution in [2.24, 2.45) is 0 Å². The number of aryl methyl sites for hydroxylation is 1. The topological polar surface area (TPSA) is 57.5 Å². The number of benzene rings is 2. The molecule has 3 heteroatoms. The zero-order valence-electron chi connectivity index (χ0n) is 11.6. The molecule has 0 bridgehead atoms. The highest BCUT2D eigenvalue weighted by molar-refractivity contribution is 5.96.